The maximum Gasteiger partial charge on any atom is 0.224 e. The van der Waals surface area contributed by atoms with E-state index in [-0.39, 0.29) is 5.91 Å². The fraction of sp³-hybridized carbons (Fsp3) is 0.467. The Morgan fingerprint density at radius 1 is 1.33 bits per heavy atom. The second-order valence-electron chi connectivity index (χ2n) is 5.16. The third kappa shape index (κ3) is 4.36. The quantitative estimate of drug-likeness (QED) is 0.843. The molecule has 0 bridgehead atoms. The Labute approximate surface area is 129 Å². The van der Waals surface area contributed by atoms with Gasteiger partial charge in [0.2, 0.25) is 12.3 Å². The van der Waals surface area contributed by atoms with Gasteiger partial charge < -0.3 is 15.1 Å². The molecule has 0 aromatic heterocycles. The first-order valence-corrected chi connectivity index (χ1v) is 7.45. The van der Waals surface area contributed by atoms with E-state index in [2.05, 4.69) is 5.32 Å². The molecular weight excluding hydrogens is 290 g/mol. The van der Waals surface area contributed by atoms with Gasteiger partial charge in [-0.15, -0.1) is 0 Å². The zero-order chi connectivity index (χ0) is 15.2. The monoisotopic (exact) mass is 309 g/mol. The van der Waals surface area contributed by atoms with E-state index in [1.54, 1.807) is 4.90 Å². The number of hydrogen-bond donors (Lipinski definition) is 1. The highest BCUT2D eigenvalue weighted by atomic mass is 35.5. The van der Waals surface area contributed by atoms with Crippen LogP contribution in [0.5, 0.6) is 0 Å². The number of halogens is 1. The number of nitrogens with one attached hydrogen (secondary N) is 1. The number of carbonyl (C=O) groups excluding carboxylic acids is 2. The summed E-state index contributed by atoms with van der Waals surface area (Å²) in [7, 11) is 0. The predicted molar refractivity (Wildman–Crippen MR) is 83.5 cm³/mol. The molecule has 114 valence electrons. The van der Waals surface area contributed by atoms with Gasteiger partial charge in [-0.25, -0.2) is 0 Å². The van der Waals surface area contributed by atoms with Crippen LogP contribution in [0.25, 0.3) is 0 Å². The van der Waals surface area contributed by atoms with Crippen molar-refractivity contribution < 1.29 is 9.59 Å². The highest BCUT2D eigenvalue weighted by Crippen LogP contribution is 2.19. The summed E-state index contributed by atoms with van der Waals surface area (Å²) in [6.45, 7) is 5.07. The fourth-order valence-corrected chi connectivity index (χ4v) is 2.59. The van der Waals surface area contributed by atoms with Crippen LogP contribution in [0.3, 0.4) is 0 Å². The molecule has 1 N–H and O–H groups in total. The molecule has 1 aromatic rings. The van der Waals surface area contributed by atoms with Gasteiger partial charge in [-0.05, 0) is 30.7 Å². The molecule has 2 rings (SSSR count). The van der Waals surface area contributed by atoms with Crippen LogP contribution >= 0.6 is 11.6 Å². The minimum atomic E-state index is 0.125. The van der Waals surface area contributed by atoms with Crippen molar-refractivity contribution in [2.24, 2.45) is 0 Å². The summed E-state index contributed by atoms with van der Waals surface area (Å²) in [5.41, 5.74) is 2.06. The summed E-state index contributed by atoms with van der Waals surface area (Å²) in [5, 5.41) is 3.97. The molecule has 0 radical (unpaired) electrons. The Balaban J connectivity index is 1.75. The van der Waals surface area contributed by atoms with Gasteiger partial charge in [-0.3, -0.25) is 9.59 Å². The Hall–Kier alpha value is -1.75. The number of amides is 2. The van der Waals surface area contributed by atoms with Crippen molar-refractivity contribution in [2.45, 2.75) is 13.3 Å². The summed E-state index contributed by atoms with van der Waals surface area (Å²) >= 11 is 5.91. The molecular formula is C15H20ClN3O2. The molecule has 1 aliphatic heterocycles. The normalized spacial score (nSPS) is 15.0. The summed E-state index contributed by atoms with van der Waals surface area (Å²) in [5.74, 6) is 0.125. The Bertz CT molecular complexity index is 514. The third-order valence-corrected chi connectivity index (χ3v) is 3.89. The van der Waals surface area contributed by atoms with E-state index in [4.69, 9.17) is 11.6 Å². The third-order valence-electron chi connectivity index (χ3n) is 3.66. The molecule has 21 heavy (non-hydrogen) atoms. The summed E-state index contributed by atoms with van der Waals surface area (Å²) < 4.78 is 0. The van der Waals surface area contributed by atoms with Crippen molar-refractivity contribution in [3.8, 4) is 0 Å². The highest BCUT2D eigenvalue weighted by Gasteiger charge is 2.19. The van der Waals surface area contributed by atoms with E-state index in [1.807, 2.05) is 30.0 Å². The first kappa shape index (κ1) is 15.6. The van der Waals surface area contributed by atoms with Crippen LogP contribution < -0.4 is 5.32 Å². The Morgan fingerprint density at radius 3 is 2.67 bits per heavy atom. The van der Waals surface area contributed by atoms with Crippen molar-refractivity contribution in [1.82, 2.24) is 9.80 Å². The second kappa shape index (κ2) is 7.31. The maximum atomic E-state index is 12.1. The molecule has 1 fully saturated rings. The molecule has 2 amide bonds. The Morgan fingerprint density at radius 2 is 2.05 bits per heavy atom. The number of rotatable bonds is 5. The average Bonchev–Trinajstić information content (AvgIpc) is 2.49. The van der Waals surface area contributed by atoms with E-state index < -0.39 is 0 Å². The van der Waals surface area contributed by atoms with Gasteiger partial charge in [0.05, 0.1) is 0 Å². The van der Waals surface area contributed by atoms with Crippen LogP contribution in [-0.2, 0) is 9.59 Å². The molecule has 1 aliphatic rings. The van der Waals surface area contributed by atoms with Gasteiger partial charge in [-0.1, -0.05) is 11.6 Å². The zero-order valence-corrected chi connectivity index (χ0v) is 12.9. The fourth-order valence-electron chi connectivity index (χ4n) is 2.36. The van der Waals surface area contributed by atoms with Gasteiger partial charge in [0.25, 0.3) is 0 Å². The molecule has 5 nitrogen and oxygen atoms in total. The highest BCUT2D eigenvalue weighted by molar-refractivity contribution is 6.30. The van der Waals surface area contributed by atoms with Crippen molar-refractivity contribution in [3.05, 3.63) is 28.8 Å². The maximum absolute atomic E-state index is 12.1. The number of hydrogen-bond acceptors (Lipinski definition) is 3. The van der Waals surface area contributed by atoms with Crippen molar-refractivity contribution in [1.29, 1.82) is 0 Å². The lowest BCUT2D eigenvalue weighted by molar-refractivity contribution is -0.134. The minimum Gasteiger partial charge on any atom is -0.384 e. The number of anilines is 1. The van der Waals surface area contributed by atoms with E-state index >= 15 is 0 Å². The van der Waals surface area contributed by atoms with Gasteiger partial charge in [0, 0.05) is 49.9 Å². The van der Waals surface area contributed by atoms with Crippen LogP contribution in [0.15, 0.2) is 18.2 Å². The van der Waals surface area contributed by atoms with Crippen LogP contribution in [0.2, 0.25) is 5.02 Å². The van der Waals surface area contributed by atoms with E-state index in [0.29, 0.717) is 44.2 Å². The first-order chi connectivity index (χ1) is 10.1. The number of benzene rings is 1. The lowest BCUT2D eigenvalue weighted by atomic mass is 10.2. The Kier molecular flexibility index (Phi) is 5.44. The van der Waals surface area contributed by atoms with Gasteiger partial charge in [0.15, 0.2) is 0 Å². The number of carbonyl (C=O) groups is 2. The van der Waals surface area contributed by atoms with Crippen LogP contribution in [0, 0.1) is 6.92 Å². The van der Waals surface area contributed by atoms with E-state index in [1.165, 1.54) is 0 Å². The SMILES string of the molecule is Cc1cc(Cl)ccc1NCCC(=O)N1CCN(C=O)CC1. The summed E-state index contributed by atoms with van der Waals surface area (Å²) in [6, 6.07) is 5.65. The van der Waals surface area contributed by atoms with Crippen LogP contribution in [0.4, 0.5) is 5.69 Å². The predicted octanol–water partition coefficient (Wildman–Crippen LogP) is 1.75. The minimum absolute atomic E-state index is 0.125. The molecule has 6 heteroatoms. The molecule has 1 heterocycles. The number of aryl methyl sites for hydroxylation is 1. The van der Waals surface area contributed by atoms with Gasteiger partial charge in [-0.2, -0.15) is 0 Å². The van der Waals surface area contributed by atoms with Crippen molar-refractivity contribution in [3.63, 3.8) is 0 Å². The number of nitrogens with zero attached hydrogens (tertiary/aromatic N) is 2. The molecule has 0 unspecified atom stereocenters. The van der Waals surface area contributed by atoms with Gasteiger partial charge >= 0.3 is 0 Å². The lowest BCUT2D eigenvalue weighted by Gasteiger charge is -2.32. The molecule has 0 spiro atoms. The van der Waals surface area contributed by atoms with Gasteiger partial charge in [0.1, 0.15) is 0 Å². The smallest absolute Gasteiger partial charge is 0.224 e. The van der Waals surface area contributed by atoms with Crippen molar-refractivity contribution >= 4 is 29.6 Å². The molecule has 1 saturated heterocycles. The van der Waals surface area contributed by atoms with E-state index in [0.717, 1.165) is 17.7 Å². The summed E-state index contributed by atoms with van der Waals surface area (Å²) in [6.07, 6.45) is 1.29. The van der Waals surface area contributed by atoms with Crippen LogP contribution in [-0.4, -0.2) is 54.8 Å². The molecule has 1 aromatic carbocycles. The standard InChI is InChI=1S/C15H20ClN3O2/c1-12-10-13(16)2-3-14(12)17-5-4-15(21)19-8-6-18(11-20)7-9-19/h2-3,10-11,17H,4-9H2,1H3. The van der Waals surface area contributed by atoms with E-state index in [9.17, 15) is 9.59 Å². The molecule has 0 saturated carbocycles. The molecule has 0 atom stereocenters. The largest absolute Gasteiger partial charge is 0.384 e. The van der Waals surface area contributed by atoms with Crippen LogP contribution in [0.1, 0.15) is 12.0 Å². The number of piperazine rings is 1. The lowest BCUT2D eigenvalue weighted by Crippen LogP contribution is -2.48. The van der Waals surface area contributed by atoms with Crippen molar-refractivity contribution in [2.75, 3.05) is 38.0 Å². The second-order valence-corrected chi connectivity index (χ2v) is 5.59. The molecule has 0 aliphatic carbocycles. The summed E-state index contributed by atoms with van der Waals surface area (Å²) in [4.78, 5) is 26.2. The average molecular weight is 310 g/mol. The topological polar surface area (TPSA) is 52.7 Å². The zero-order valence-electron chi connectivity index (χ0n) is 12.1. The first-order valence-electron chi connectivity index (χ1n) is 7.07.